The van der Waals surface area contributed by atoms with Crippen LogP contribution in [-0.4, -0.2) is 65.7 Å². The molecule has 3 atom stereocenters. The van der Waals surface area contributed by atoms with Crippen LogP contribution >= 0.6 is 7.82 Å². The lowest BCUT2D eigenvalue weighted by molar-refractivity contribution is -0.153. The molecule has 0 saturated heterocycles. The molecule has 46 heavy (non-hydrogen) atoms. The summed E-state index contributed by atoms with van der Waals surface area (Å²) in [7, 11) is -4.60. The molecule has 0 aliphatic carbocycles. The zero-order valence-electron chi connectivity index (χ0n) is 29.3. The fraction of sp³-hybridized carbons (Fsp3) is 0.943. The van der Waals surface area contributed by atoms with Gasteiger partial charge in [0.1, 0.15) is 12.2 Å². The second-order valence-electron chi connectivity index (χ2n) is 12.6. The lowest BCUT2D eigenvalue weighted by Crippen LogP contribution is -2.28. The summed E-state index contributed by atoms with van der Waals surface area (Å²) in [6, 6.07) is 0. The van der Waals surface area contributed by atoms with E-state index in [4.69, 9.17) is 18.5 Å². The van der Waals surface area contributed by atoms with Gasteiger partial charge in [0, 0.05) is 12.8 Å². The molecule has 10 nitrogen and oxygen atoms in total. The summed E-state index contributed by atoms with van der Waals surface area (Å²) >= 11 is 0. The maximum absolute atomic E-state index is 12.1. The summed E-state index contributed by atoms with van der Waals surface area (Å²) < 4.78 is 31.9. The van der Waals surface area contributed by atoms with Crippen LogP contribution in [0.4, 0.5) is 0 Å². The molecular formula is C35H69O10P. The number of aliphatic hydroxyl groups excluding tert-OH is 2. The monoisotopic (exact) mass is 680 g/mol. The minimum Gasteiger partial charge on any atom is -0.457 e. The number of hydrogen-bond acceptors (Lipinski definition) is 9. The number of carbonyl (C=O) groups excluding carboxylic acids is 2. The molecule has 0 aliphatic heterocycles. The Hall–Kier alpha value is -1.03. The van der Waals surface area contributed by atoms with E-state index in [9.17, 15) is 29.3 Å². The van der Waals surface area contributed by atoms with E-state index in [2.05, 4.69) is 6.92 Å². The van der Waals surface area contributed by atoms with Crippen molar-refractivity contribution in [1.29, 1.82) is 0 Å². The van der Waals surface area contributed by atoms with E-state index in [0.29, 0.717) is 12.8 Å². The van der Waals surface area contributed by atoms with Crippen LogP contribution in [-0.2, 0) is 32.7 Å². The summed E-state index contributed by atoms with van der Waals surface area (Å²) in [5, 5.41) is 18.8. The number of aliphatic hydroxyl groups is 2. The highest BCUT2D eigenvalue weighted by molar-refractivity contribution is 7.47. The molecule has 11 heteroatoms. The van der Waals surface area contributed by atoms with Gasteiger partial charge in [0.05, 0.1) is 26.4 Å². The summed E-state index contributed by atoms with van der Waals surface area (Å²) in [5.41, 5.74) is 0. The number of phosphoric acid groups is 1. The van der Waals surface area contributed by atoms with Gasteiger partial charge in [-0.05, 0) is 12.8 Å². The molecule has 0 rings (SSSR count). The van der Waals surface area contributed by atoms with Gasteiger partial charge in [0.15, 0.2) is 0 Å². The van der Waals surface area contributed by atoms with Gasteiger partial charge in [0.2, 0.25) is 0 Å². The molecule has 0 aromatic heterocycles. The topological polar surface area (TPSA) is 149 Å². The molecule has 0 spiro atoms. The third kappa shape index (κ3) is 30.3. The number of ether oxygens (including phenoxy) is 2. The van der Waals surface area contributed by atoms with E-state index in [1.54, 1.807) is 0 Å². The van der Waals surface area contributed by atoms with Crippen molar-refractivity contribution in [3.8, 4) is 0 Å². The van der Waals surface area contributed by atoms with Gasteiger partial charge in [-0.1, -0.05) is 149 Å². The van der Waals surface area contributed by atoms with E-state index in [1.165, 1.54) is 109 Å². The van der Waals surface area contributed by atoms with Crippen LogP contribution in [0, 0.1) is 0 Å². The first-order valence-corrected chi connectivity index (χ1v) is 20.0. The van der Waals surface area contributed by atoms with Crippen LogP contribution in [0.5, 0.6) is 0 Å². The predicted molar refractivity (Wildman–Crippen MR) is 182 cm³/mol. The molecule has 3 N–H and O–H groups in total. The standard InChI is InChI=1S/C35H69O10P/c1-3-5-7-8-9-10-11-12-13-14-15-16-17-18-19-20-21-22-23-24-25-27-35(39)45-33(29-37)31-43-46(40,41)42-30-32(28-36)44-34(38)26-6-4-2/h32-33,36-37H,3-31H2,1-2H3,(H,40,41). The molecule has 0 radical (unpaired) electrons. The molecule has 0 heterocycles. The minimum absolute atomic E-state index is 0.170. The Morgan fingerprint density at radius 2 is 0.783 bits per heavy atom. The van der Waals surface area contributed by atoms with Crippen molar-refractivity contribution in [3.05, 3.63) is 0 Å². The molecule has 0 aromatic carbocycles. The Balaban J connectivity index is 3.72. The van der Waals surface area contributed by atoms with Crippen molar-refractivity contribution in [2.24, 2.45) is 0 Å². The summed E-state index contributed by atoms with van der Waals surface area (Å²) in [5.74, 6) is -1.05. The molecule has 0 fully saturated rings. The first-order chi connectivity index (χ1) is 22.3. The van der Waals surface area contributed by atoms with Crippen LogP contribution < -0.4 is 0 Å². The average molecular weight is 681 g/mol. The van der Waals surface area contributed by atoms with Crippen LogP contribution in [0.2, 0.25) is 0 Å². The van der Waals surface area contributed by atoms with E-state index in [1.807, 2.05) is 6.92 Å². The number of esters is 2. The van der Waals surface area contributed by atoms with Crippen molar-refractivity contribution in [2.45, 2.75) is 187 Å². The van der Waals surface area contributed by atoms with Gasteiger partial charge in [-0.25, -0.2) is 4.57 Å². The van der Waals surface area contributed by atoms with Gasteiger partial charge < -0.3 is 24.6 Å². The Labute approximate surface area is 280 Å². The molecule has 0 aliphatic rings. The first kappa shape index (κ1) is 45.0. The minimum atomic E-state index is -4.60. The highest BCUT2D eigenvalue weighted by Gasteiger charge is 2.27. The number of hydrogen-bond donors (Lipinski definition) is 3. The zero-order valence-corrected chi connectivity index (χ0v) is 30.2. The Morgan fingerprint density at radius 1 is 0.500 bits per heavy atom. The number of rotatable bonds is 35. The van der Waals surface area contributed by atoms with E-state index >= 15 is 0 Å². The van der Waals surface area contributed by atoms with Crippen LogP contribution in [0.1, 0.15) is 174 Å². The molecule has 0 saturated carbocycles. The fourth-order valence-corrected chi connectivity index (χ4v) is 5.94. The highest BCUT2D eigenvalue weighted by atomic mass is 31.2. The summed E-state index contributed by atoms with van der Waals surface area (Å²) in [6.45, 7) is 1.92. The van der Waals surface area contributed by atoms with Crippen molar-refractivity contribution in [1.82, 2.24) is 0 Å². The smallest absolute Gasteiger partial charge is 0.457 e. The van der Waals surface area contributed by atoms with Crippen LogP contribution in [0.3, 0.4) is 0 Å². The molecule has 0 amide bonds. The van der Waals surface area contributed by atoms with Crippen LogP contribution in [0.25, 0.3) is 0 Å². The lowest BCUT2D eigenvalue weighted by Gasteiger charge is -2.20. The average Bonchev–Trinajstić information content (AvgIpc) is 3.04. The zero-order chi connectivity index (χ0) is 34.1. The quantitative estimate of drug-likeness (QED) is 0.0337. The number of unbranched alkanes of at least 4 members (excludes halogenated alkanes) is 21. The van der Waals surface area contributed by atoms with E-state index < -0.39 is 58.4 Å². The van der Waals surface area contributed by atoms with Gasteiger partial charge >= 0.3 is 19.8 Å². The van der Waals surface area contributed by atoms with Gasteiger partial charge in [-0.15, -0.1) is 0 Å². The van der Waals surface area contributed by atoms with Crippen molar-refractivity contribution < 1.29 is 47.8 Å². The fourth-order valence-electron chi connectivity index (χ4n) is 5.15. The third-order valence-corrected chi connectivity index (χ3v) is 9.02. The number of carbonyl (C=O) groups is 2. The Morgan fingerprint density at radius 3 is 1.09 bits per heavy atom. The van der Waals surface area contributed by atoms with Gasteiger partial charge in [0.25, 0.3) is 0 Å². The SMILES string of the molecule is CCCCCCCCCCCCCCCCCCCCCCCC(=O)OC(CO)COP(=O)(O)OCC(CO)OC(=O)CCCC. The normalized spacial score (nSPS) is 14.1. The van der Waals surface area contributed by atoms with Crippen LogP contribution in [0.15, 0.2) is 0 Å². The van der Waals surface area contributed by atoms with E-state index in [-0.39, 0.29) is 12.8 Å². The Kier molecular flexibility index (Phi) is 31.8. The number of phosphoric ester groups is 1. The van der Waals surface area contributed by atoms with Gasteiger partial charge in [-0.2, -0.15) is 0 Å². The summed E-state index contributed by atoms with van der Waals surface area (Å²) in [6.07, 6.45) is 26.6. The molecular weight excluding hydrogens is 611 g/mol. The van der Waals surface area contributed by atoms with Crippen molar-refractivity contribution in [2.75, 3.05) is 26.4 Å². The molecule has 0 aromatic rings. The van der Waals surface area contributed by atoms with Gasteiger partial charge in [-0.3, -0.25) is 18.6 Å². The van der Waals surface area contributed by atoms with Crippen molar-refractivity contribution in [3.63, 3.8) is 0 Å². The highest BCUT2D eigenvalue weighted by Crippen LogP contribution is 2.43. The second-order valence-corrected chi connectivity index (χ2v) is 14.0. The maximum Gasteiger partial charge on any atom is 0.472 e. The summed E-state index contributed by atoms with van der Waals surface area (Å²) in [4.78, 5) is 33.7. The van der Waals surface area contributed by atoms with Crippen molar-refractivity contribution >= 4 is 19.8 Å². The Bertz CT molecular complexity index is 751. The maximum atomic E-state index is 12.1. The molecule has 274 valence electrons. The lowest BCUT2D eigenvalue weighted by atomic mass is 10.0. The molecule has 0 bridgehead atoms. The van der Waals surface area contributed by atoms with E-state index in [0.717, 1.165) is 25.7 Å². The first-order valence-electron chi connectivity index (χ1n) is 18.5. The molecule has 3 unspecified atom stereocenters. The second kappa shape index (κ2) is 32.5. The predicted octanol–water partition coefficient (Wildman–Crippen LogP) is 8.72. The third-order valence-electron chi connectivity index (χ3n) is 8.07. The largest absolute Gasteiger partial charge is 0.472 e.